The monoisotopic (exact) mass is 488 g/mol. The Balaban J connectivity index is 1.62. The second kappa shape index (κ2) is 7.80. The number of hydrogen-bond acceptors (Lipinski definition) is 4. The molecule has 0 aromatic rings. The fraction of sp³-hybridized carbons (Fsp3) is 0.900. The van der Waals surface area contributed by atoms with Crippen LogP contribution in [0.5, 0.6) is 0 Å². The number of allylic oxidation sites excluding steroid dienone is 2. The van der Waals surface area contributed by atoms with Crippen molar-refractivity contribution < 1.29 is 25.2 Å². The van der Waals surface area contributed by atoms with Gasteiger partial charge in [-0.1, -0.05) is 53.2 Å². The Labute approximate surface area is 211 Å². The molecule has 5 nitrogen and oxygen atoms in total. The first-order valence-corrected chi connectivity index (χ1v) is 14.1. The second-order valence-electron chi connectivity index (χ2n) is 14.5. The standard InChI is InChI=1S/C30H48O5/c1-17-9-12-30(25(34)35)14-13-28(5)19(23(30)18(17)2)7-8-22-26(3)15-20(32)24(33)27(4,16-31)21(26)10-11-29(22,28)6/h7,17-18,20-24,31-33H,8-16H2,1-6H3,(H,34,35)/t17-,18+,20-,21-,22+,23+,24+,26+,27+,28-,29-,30+/m1/s1. The number of carboxylic acids is 1. The van der Waals surface area contributed by atoms with Crippen LogP contribution in [0.4, 0.5) is 0 Å². The van der Waals surface area contributed by atoms with E-state index in [1.165, 1.54) is 5.57 Å². The molecule has 198 valence electrons. The van der Waals surface area contributed by atoms with Gasteiger partial charge >= 0.3 is 5.97 Å². The molecule has 5 rings (SSSR count). The molecule has 0 radical (unpaired) electrons. The van der Waals surface area contributed by atoms with Crippen LogP contribution in [0.3, 0.4) is 0 Å². The van der Waals surface area contributed by atoms with Crippen molar-refractivity contribution in [2.75, 3.05) is 6.61 Å². The van der Waals surface area contributed by atoms with Gasteiger partial charge < -0.3 is 20.4 Å². The van der Waals surface area contributed by atoms with Crippen LogP contribution in [0.1, 0.15) is 92.9 Å². The van der Waals surface area contributed by atoms with Crippen molar-refractivity contribution in [2.45, 2.75) is 105 Å². The summed E-state index contributed by atoms with van der Waals surface area (Å²) in [6.07, 6.45) is 7.51. The van der Waals surface area contributed by atoms with Crippen molar-refractivity contribution in [1.82, 2.24) is 0 Å². The smallest absolute Gasteiger partial charge is 0.310 e. The summed E-state index contributed by atoms with van der Waals surface area (Å²) in [5.74, 6) is 0.828. The van der Waals surface area contributed by atoms with Crippen LogP contribution in [0.25, 0.3) is 0 Å². The molecule has 35 heavy (non-hydrogen) atoms. The van der Waals surface area contributed by atoms with E-state index in [2.05, 4.69) is 40.7 Å². The van der Waals surface area contributed by atoms with E-state index >= 15 is 0 Å². The largest absolute Gasteiger partial charge is 0.481 e. The maximum absolute atomic E-state index is 12.8. The van der Waals surface area contributed by atoms with E-state index in [0.717, 1.165) is 44.9 Å². The highest BCUT2D eigenvalue weighted by Gasteiger charge is 2.70. The maximum atomic E-state index is 12.8. The Morgan fingerprint density at radius 3 is 2.31 bits per heavy atom. The Morgan fingerprint density at radius 1 is 1.00 bits per heavy atom. The Kier molecular flexibility index (Phi) is 5.73. The molecular formula is C30H48O5. The lowest BCUT2D eigenvalue weighted by atomic mass is 9.33. The molecule has 0 aromatic heterocycles. The van der Waals surface area contributed by atoms with E-state index in [1.807, 2.05) is 6.92 Å². The predicted octanol–water partition coefficient (Wildman–Crippen LogP) is 5.03. The van der Waals surface area contributed by atoms with Crippen LogP contribution in [0.2, 0.25) is 0 Å². The lowest BCUT2D eigenvalue weighted by Gasteiger charge is -2.71. The van der Waals surface area contributed by atoms with E-state index < -0.39 is 29.0 Å². The van der Waals surface area contributed by atoms with Crippen molar-refractivity contribution in [3.63, 3.8) is 0 Å². The molecule has 12 atom stereocenters. The number of carbonyl (C=O) groups is 1. The number of aliphatic hydroxyl groups excluding tert-OH is 3. The maximum Gasteiger partial charge on any atom is 0.310 e. The van der Waals surface area contributed by atoms with Crippen LogP contribution in [-0.4, -0.2) is 45.2 Å². The summed E-state index contributed by atoms with van der Waals surface area (Å²) < 4.78 is 0. The van der Waals surface area contributed by atoms with Gasteiger partial charge in [-0.25, -0.2) is 0 Å². The van der Waals surface area contributed by atoms with Gasteiger partial charge in [0.25, 0.3) is 0 Å². The van der Waals surface area contributed by atoms with Gasteiger partial charge in [0.1, 0.15) is 0 Å². The average Bonchev–Trinajstić information content (AvgIpc) is 2.80. The predicted molar refractivity (Wildman–Crippen MR) is 135 cm³/mol. The minimum atomic E-state index is -0.907. The van der Waals surface area contributed by atoms with Crippen molar-refractivity contribution >= 4 is 5.97 Å². The molecule has 5 heteroatoms. The summed E-state index contributed by atoms with van der Waals surface area (Å²) in [6, 6.07) is 0. The highest BCUT2D eigenvalue weighted by Crippen LogP contribution is 2.75. The van der Waals surface area contributed by atoms with Gasteiger partial charge in [-0.2, -0.15) is 0 Å². The summed E-state index contributed by atoms with van der Waals surface area (Å²) >= 11 is 0. The Morgan fingerprint density at radius 2 is 1.69 bits per heavy atom. The first kappa shape index (κ1) is 25.7. The van der Waals surface area contributed by atoms with Crippen LogP contribution >= 0.6 is 0 Å². The highest BCUT2D eigenvalue weighted by atomic mass is 16.4. The third kappa shape index (κ3) is 2.95. The van der Waals surface area contributed by atoms with Crippen LogP contribution in [0.15, 0.2) is 11.6 Å². The topological polar surface area (TPSA) is 98.0 Å². The Bertz CT molecular complexity index is 930. The minimum Gasteiger partial charge on any atom is -0.481 e. The number of rotatable bonds is 2. The van der Waals surface area contributed by atoms with Gasteiger partial charge in [0.05, 0.1) is 24.2 Å². The molecule has 0 bridgehead atoms. The van der Waals surface area contributed by atoms with E-state index in [-0.39, 0.29) is 34.7 Å². The third-order valence-electron chi connectivity index (χ3n) is 13.5. The quantitative estimate of drug-likeness (QED) is 0.409. The fourth-order valence-corrected chi connectivity index (χ4v) is 11.0. The van der Waals surface area contributed by atoms with Crippen molar-refractivity contribution in [3.05, 3.63) is 11.6 Å². The Hall–Kier alpha value is -0.910. The molecule has 0 heterocycles. The molecule has 4 N–H and O–H groups in total. The van der Waals surface area contributed by atoms with Gasteiger partial charge in [0, 0.05) is 5.41 Å². The van der Waals surface area contributed by atoms with Gasteiger partial charge in [-0.3, -0.25) is 4.79 Å². The number of aliphatic carboxylic acids is 1. The summed E-state index contributed by atoms with van der Waals surface area (Å²) in [5, 5.41) is 42.9. The van der Waals surface area contributed by atoms with Gasteiger partial charge in [-0.05, 0) is 97.2 Å². The molecular weight excluding hydrogens is 440 g/mol. The zero-order chi connectivity index (χ0) is 25.8. The van der Waals surface area contributed by atoms with Crippen LogP contribution < -0.4 is 0 Å². The minimum absolute atomic E-state index is 0.00815. The second-order valence-corrected chi connectivity index (χ2v) is 14.5. The van der Waals surface area contributed by atoms with Gasteiger partial charge in [-0.15, -0.1) is 0 Å². The summed E-state index contributed by atoms with van der Waals surface area (Å²) in [7, 11) is 0. The zero-order valence-corrected chi connectivity index (χ0v) is 22.7. The molecule has 0 aliphatic heterocycles. The number of carboxylic acid groups (broad SMARTS) is 1. The number of aliphatic hydroxyl groups is 3. The van der Waals surface area contributed by atoms with E-state index in [4.69, 9.17) is 0 Å². The zero-order valence-electron chi connectivity index (χ0n) is 22.7. The summed E-state index contributed by atoms with van der Waals surface area (Å²) in [6.45, 7) is 13.6. The normalized spacial score (nSPS) is 57.7. The highest BCUT2D eigenvalue weighted by molar-refractivity contribution is 5.76. The molecule has 5 aliphatic rings. The lowest BCUT2D eigenvalue weighted by molar-refractivity contribution is -0.244. The molecule has 5 aliphatic carbocycles. The lowest BCUT2D eigenvalue weighted by Crippen LogP contribution is -2.68. The average molecular weight is 489 g/mol. The molecule has 0 aromatic carbocycles. The fourth-order valence-electron chi connectivity index (χ4n) is 11.0. The molecule has 4 saturated carbocycles. The third-order valence-corrected chi connectivity index (χ3v) is 13.5. The first-order chi connectivity index (χ1) is 16.2. The van der Waals surface area contributed by atoms with Crippen molar-refractivity contribution in [1.29, 1.82) is 0 Å². The van der Waals surface area contributed by atoms with E-state index in [9.17, 15) is 25.2 Å². The summed E-state index contributed by atoms with van der Waals surface area (Å²) in [4.78, 5) is 12.8. The number of hydrogen-bond donors (Lipinski definition) is 4. The van der Waals surface area contributed by atoms with Crippen molar-refractivity contribution in [2.24, 2.45) is 56.7 Å². The van der Waals surface area contributed by atoms with E-state index in [0.29, 0.717) is 24.2 Å². The van der Waals surface area contributed by atoms with Gasteiger partial charge in [0.15, 0.2) is 0 Å². The molecule has 0 saturated heterocycles. The SMILES string of the molecule is C[C@H]1[C@H](C)CC[C@]2(C(=O)O)CC[C@]3(C)C(=CC[C@H]4[C@@]5(C)C[C@@H](O)[C@H](O)[C@@](C)(CO)[C@@H]5CC[C@]43C)[C@H]12. The molecule has 0 unspecified atom stereocenters. The van der Waals surface area contributed by atoms with Crippen LogP contribution in [-0.2, 0) is 4.79 Å². The number of fused-ring (bicyclic) bond motifs is 7. The van der Waals surface area contributed by atoms with E-state index in [1.54, 1.807) is 0 Å². The molecule has 4 fully saturated rings. The molecule has 0 spiro atoms. The van der Waals surface area contributed by atoms with Gasteiger partial charge in [0.2, 0.25) is 0 Å². The van der Waals surface area contributed by atoms with Crippen molar-refractivity contribution in [3.8, 4) is 0 Å². The first-order valence-electron chi connectivity index (χ1n) is 14.1. The van der Waals surface area contributed by atoms with Crippen LogP contribution in [0, 0.1) is 56.7 Å². The summed E-state index contributed by atoms with van der Waals surface area (Å²) in [5.41, 5.74) is -0.214. The molecule has 0 amide bonds.